The van der Waals surface area contributed by atoms with Gasteiger partial charge in [-0.1, -0.05) is 0 Å². The molecule has 0 aromatic heterocycles. The van der Waals surface area contributed by atoms with Crippen molar-refractivity contribution in [1.82, 2.24) is 0 Å². The zero-order valence-corrected chi connectivity index (χ0v) is 5.90. The van der Waals surface area contributed by atoms with E-state index >= 15 is 0 Å². The predicted molar refractivity (Wildman–Crippen MR) is 22.8 cm³/mol. The van der Waals surface area contributed by atoms with Crippen LogP contribution in [0.3, 0.4) is 0 Å². The normalized spacial score (nSPS) is 22.5. The Hall–Kier alpha value is 0.400. The van der Waals surface area contributed by atoms with Crippen LogP contribution < -0.4 is 21.2 Å². The number of alkyl halides is 1. The molecule has 0 aromatic rings. The van der Waals surface area contributed by atoms with E-state index in [0.717, 1.165) is 6.54 Å². The molecule has 1 rings (SSSR count). The van der Waals surface area contributed by atoms with Gasteiger partial charge in [-0.3, -0.25) is 0 Å². The van der Waals surface area contributed by atoms with E-state index in [-0.39, 0.29) is 0 Å². The van der Waals surface area contributed by atoms with Crippen molar-refractivity contribution in [3.05, 3.63) is 0 Å². The van der Waals surface area contributed by atoms with Gasteiger partial charge in [-0.15, -0.1) is 0 Å². The third-order valence-corrected chi connectivity index (χ3v) is 3.17. The second-order valence-electron chi connectivity index (χ2n) is 1.20. The molecule has 1 nitrogen and oxygen atoms in total. The molecule has 0 radical (unpaired) electrons. The second kappa shape index (κ2) is 1.91. The van der Waals surface area contributed by atoms with E-state index in [9.17, 15) is 0 Å². The van der Waals surface area contributed by atoms with Gasteiger partial charge >= 0.3 is 47.8 Å². The molecule has 36 valence electrons. The summed E-state index contributed by atoms with van der Waals surface area (Å²) < 4.78 is 2.83. The van der Waals surface area contributed by atoms with Crippen molar-refractivity contribution in [2.75, 3.05) is 11.0 Å². The monoisotopic (exact) mass is 196 g/mol. The van der Waals surface area contributed by atoms with Gasteiger partial charge in [0.1, 0.15) is 0 Å². The first-order valence-electron chi connectivity index (χ1n) is 2.00. The Bertz CT molecular complexity index is 77.6. The summed E-state index contributed by atoms with van der Waals surface area (Å²) in [5, 5.41) is 0. The molecule has 0 saturated heterocycles. The van der Waals surface area contributed by atoms with E-state index in [4.69, 9.17) is 0 Å². The van der Waals surface area contributed by atoms with Crippen molar-refractivity contribution < 1.29 is 21.2 Å². The number of hydrogen-bond acceptors (Lipinski definition) is 1. The fourth-order valence-electron chi connectivity index (χ4n) is 0.418. The summed E-state index contributed by atoms with van der Waals surface area (Å²) in [5.41, 5.74) is 0. The zero-order valence-electron chi connectivity index (χ0n) is 3.74. The van der Waals surface area contributed by atoms with Crippen LogP contribution in [0.2, 0.25) is 0 Å². The maximum absolute atomic E-state index is 4.20. The van der Waals surface area contributed by atoms with Crippen molar-refractivity contribution >= 4 is 3.72 Å². The third kappa shape index (κ3) is 0.929. The number of rotatable bonds is 0. The molecule has 6 heavy (non-hydrogen) atoms. The summed E-state index contributed by atoms with van der Waals surface area (Å²) in [6.07, 6.45) is 0. The van der Waals surface area contributed by atoms with Gasteiger partial charge in [0.15, 0.2) is 0 Å². The minimum atomic E-state index is 0.429. The summed E-state index contributed by atoms with van der Waals surface area (Å²) in [6.45, 7) is 3.26. The first-order chi connectivity index (χ1) is 2.89. The zero-order chi connectivity index (χ0) is 4.41. The Kier molecular flexibility index (Phi) is 1.45. The molecule has 1 aliphatic heterocycles. The predicted octanol–water partition coefficient (Wildman–Crippen LogP) is -2.49. The van der Waals surface area contributed by atoms with Gasteiger partial charge in [0.05, 0.1) is 0 Å². The molecular weight excluding hydrogens is 189 g/mol. The molecule has 0 aliphatic carbocycles. The molecule has 0 amide bonds. The summed E-state index contributed by atoms with van der Waals surface area (Å²) in [5.74, 6) is 0. The van der Waals surface area contributed by atoms with Crippen LogP contribution in [0.25, 0.3) is 0 Å². The SMILES string of the molecule is CC1=NCC[I-]1. The fraction of sp³-hybridized carbons (Fsp3) is 0.750. The first kappa shape index (κ1) is 4.56. The average molecular weight is 196 g/mol. The van der Waals surface area contributed by atoms with E-state index in [1.165, 1.54) is 8.15 Å². The van der Waals surface area contributed by atoms with E-state index in [1.807, 2.05) is 0 Å². The molecule has 0 unspecified atom stereocenters. The molecule has 0 saturated carbocycles. The third-order valence-electron chi connectivity index (χ3n) is 0.702. The second-order valence-corrected chi connectivity index (χ2v) is 4.60. The van der Waals surface area contributed by atoms with Crippen molar-refractivity contribution in [2.24, 2.45) is 4.99 Å². The van der Waals surface area contributed by atoms with Crippen LogP contribution in [0.5, 0.6) is 0 Å². The Morgan fingerprint density at radius 2 is 2.67 bits per heavy atom. The Labute approximate surface area is 48.1 Å². The Balaban J connectivity index is 2.45. The van der Waals surface area contributed by atoms with E-state index in [0.29, 0.717) is 21.2 Å². The molecule has 1 aliphatic rings. The Morgan fingerprint density at radius 3 is 2.83 bits per heavy atom. The van der Waals surface area contributed by atoms with Crippen molar-refractivity contribution in [3.63, 3.8) is 0 Å². The van der Waals surface area contributed by atoms with Gasteiger partial charge in [0.25, 0.3) is 0 Å². The summed E-state index contributed by atoms with van der Waals surface area (Å²) in [4.78, 5) is 4.20. The minimum absolute atomic E-state index is 0.429. The molecule has 0 N–H and O–H groups in total. The van der Waals surface area contributed by atoms with Gasteiger partial charge in [0, 0.05) is 0 Å². The number of halogens is 1. The molecule has 1 heterocycles. The van der Waals surface area contributed by atoms with Crippen LogP contribution in [-0.4, -0.2) is 14.7 Å². The van der Waals surface area contributed by atoms with E-state index in [2.05, 4.69) is 11.9 Å². The Morgan fingerprint density at radius 1 is 1.83 bits per heavy atom. The van der Waals surface area contributed by atoms with E-state index < -0.39 is 0 Å². The van der Waals surface area contributed by atoms with E-state index in [1.54, 1.807) is 0 Å². The van der Waals surface area contributed by atoms with Crippen LogP contribution in [0, 0.1) is 0 Å². The quantitative estimate of drug-likeness (QED) is 0.300. The van der Waals surface area contributed by atoms with Crippen LogP contribution in [0.1, 0.15) is 6.92 Å². The van der Waals surface area contributed by atoms with Crippen molar-refractivity contribution in [1.29, 1.82) is 0 Å². The van der Waals surface area contributed by atoms with Crippen molar-refractivity contribution in [3.8, 4) is 0 Å². The average Bonchev–Trinajstić information content (AvgIpc) is 1.86. The summed E-state index contributed by atoms with van der Waals surface area (Å²) in [7, 11) is 0. The number of hydrogen-bond donors (Lipinski definition) is 0. The van der Waals surface area contributed by atoms with Crippen molar-refractivity contribution in [2.45, 2.75) is 6.92 Å². The fourth-order valence-corrected chi connectivity index (χ4v) is 2.16. The number of nitrogens with zero attached hydrogens (tertiary/aromatic N) is 1. The van der Waals surface area contributed by atoms with Gasteiger partial charge < -0.3 is 0 Å². The molecule has 2 heteroatoms. The van der Waals surface area contributed by atoms with Gasteiger partial charge in [0.2, 0.25) is 0 Å². The van der Waals surface area contributed by atoms with Gasteiger partial charge in [-0.2, -0.15) is 0 Å². The standard InChI is InChI=1S/C4H7IN/c1-4-5-2-3-6-4/h2-3H2,1H3/q-1. The maximum atomic E-state index is 4.20. The van der Waals surface area contributed by atoms with Gasteiger partial charge in [-0.25, -0.2) is 0 Å². The topological polar surface area (TPSA) is 12.4 Å². The molecule has 0 aromatic carbocycles. The van der Waals surface area contributed by atoms with Crippen LogP contribution in [0.4, 0.5) is 0 Å². The molecule has 0 spiro atoms. The molecular formula is C4H7IN-. The first-order valence-corrected chi connectivity index (χ1v) is 4.60. The summed E-state index contributed by atoms with van der Waals surface area (Å²) in [6, 6.07) is 0. The summed E-state index contributed by atoms with van der Waals surface area (Å²) >= 11 is 0.429. The molecule has 0 fully saturated rings. The van der Waals surface area contributed by atoms with Crippen LogP contribution in [-0.2, 0) is 0 Å². The number of aliphatic imine (C=N–C) groups is 1. The molecule has 0 bridgehead atoms. The molecule has 0 atom stereocenters. The van der Waals surface area contributed by atoms with Gasteiger partial charge in [-0.05, 0) is 0 Å². The van der Waals surface area contributed by atoms with Crippen LogP contribution in [0.15, 0.2) is 4.99 Å². The van der Waals surface area contributed by atoms with Crippen LogP contribution >= 0.6 is 0 Å².